The Balaban J connectivity index is 1.23. The molecule has 188 valence electrons. The van der Waals surface area contributed by atoms with Gasteiger partial charge in [-0.1, -0.05) is 48.5 Å². The SMILES string of the molecule is CCOc1nn(Cc2ccc(OCc3cn4c(-c5ccccc5)cccc4n3)cc2)cc1CCC(=O)O. The molecule has 0 radical (unpaired) electrons. The Morgan fingerprint density at radius 1 is 0.946 bits per heavy atom. The number of carboxylic acid groups (broad SMARTS) is 1. The minimum Gasteiger partial charge on any atom is -0.487 e. The summed E-state index contributed by atoms with van der Waals surface area (Å²) >= 11 is 0. The highest BCUT2D eigenvalue weighted by atomic mass is 16.5. The van der Waals surface area contributed by atoms with Crippen molar-refractivity contribution in [1.82, 2.24) is 19.2 Å². The zero-order chi connectivity index (χ0) is 25.6. The number of hydrogen-bond acceptors (Lipinski definition) is 5. The molecular formula is C29H28N4O4. The molecule has 0 aliphatic carbocycles. The maximum absolute atomic E-state index is 10.9. The van der Waals surface area contributed by atoms with E-state index in [1.807, 2.05) is 73.9 Å². The second-order valence-electron chi connectivity index (χ2n) is 8.65. The molecule has 8 heteroatoms. The Bertz CT molecular complexity index is 1490. The van der Waals surface area contributed by atoms with Gasteiger partial charge in [-0.05, 0) is 48.7 Å². The van der Waals surface area contributed by atoms with Crippen LogP contribution in [0.1, 0.15) is 30.2 Å². The van der Waals surface area contributed by atoms with Crippen LogP contribution in [0, 0.1) is 0 Å². The third-order valence-electron chi connectivity index (χ3n) is 5.95. The summed E-state index contributed by atoms with van der Waals surface area (Å²) in [5.74, 6) is 0.402. The standard InChI is InChI=1S/C29H28N4O4/c1-2-36-29-23(13-16-28(34)35)18-32(31-29)17-21-11-14-25(15-12-21)37-20-24-19-33-26(9-6-10-27(33)30-24)22-7-4-3-5-8-22/h3-12,14-15,18-19H,2,13,16-17,20H2,1H3,(H,34,35). The molecule has 1 N–H and O–H groups in total. The Morgan fingerprint density at radius 3 is 2.51 bits per heavy atom. The molecule has 3 aromatic heterocycles. The van der Waals surface area contributed by atoms with E-state index in [0.29, 0.717) is 32.1 Å². The van der Waals surface area contributed by atoms with Crippen molar-refractivity contribution in [1.29, 1.82) is 0 Å². The summed E-state index contributed by atoms with van der Waals surface area (Å²) in [6.45, 7) is 3.26. The highest BCUT2D eigenvalue weighted by molar-refractivity contribution is 5.67. The summed E-state index contributed by atoms with van der Waals surface area (Å²) in [5.41, 5.74) is 5.78. The first-order valence-electron chi connectivity index (χ1n) is 12.2. The number of imidazole rings is 1. The number of aryl methyl sites for hydroxylation is 1. The lowest BCUT2D eigenvalue weighted by atomic mass is 10.1. The molecule has 0 spiro atoms. The van der Waals surface area contributed by atoms with Crippen molar-refractivity contribution in [3.8, 4) is 22.9 Å². The number of aromatic nitrogens is 4. The fourth-order valence-electron chi connectivity index (χ4n) is 4.21. The van der Waals surface area contributed by atoms with Crippen molar-refractivity contribution in [3.63, 3.8) is 0 Å². The minimum absolute atomic E-state index is 0.0394. The maximum atomic E-state index is 10.9. The van der Waals surface area contributed by atoms with Crippen molar-refractivity contribution < 1.29 is 19.4 Å². The molecule has 0 aliphatic heterocycles. The average Bonchev–Trinajstić information content (AvgIpc) is 3.51. The van der Waals surface area contributed by atoms with Gasteiger partial charge in [0.15, 0.2) is 0 Å². The molecule has 0 fully saturated rings. The van der Waals surface area contributed by atoms with E-state index in [1.165, 1.54) is 0 Å². The number of nitrogens with zero attached hydrogens (tertiary/aromatic N) is 4. The molecule has 2 aromatic carbocycles. The van der Waals surface area contributed by atoms with E-state index in [1.54, 1.807) is 4.68 Å². The van der Waals surface area contributed by atoms with Gasteiger partial charge in [0.05, 0.1) is 24.5 Å². The van der Waals surface area contributed by atoms with Gasteiger partial charge in [-0.3, -0.25) is 13.9 Å². The number of hydrogen-bond donors (Lipinski definition) is 1. The van der Waals surface area contributed by atoms with Crippen molar-refractivity contribution in [2.45, 2.75) is 32.9 Å². The van der Waals surface area contributed by atoms with Gasteiger partial charge < -0.3 is 14.6 Å². The van der Waals surface area contributed by atoms with Crippen LogP contribution in [-0.2, 0) is 24.4 Å². The summed E-state index contributed by atoms with van der Waals surface area (Å²) < 4.78 is 15.5. The summed E-state index contributed by atoms with van der Waals surface area (Å²) in [6.07, 6.45) is 4.29. The van der Waals surface area contributed by atoms with Crippen molar-refractivity contribution in [3.05, 3.63) is 102 Å². The summed E-state index contributed by atoms with van der Waals surface area (Å²) in [5, 5.41) is 13.5. The molecule has 3 heterocycles. The molecular weight excluding hydrogens is 468 g/mol. The average molecular weight is 497 g/mol. The normalized spacial score (nSPS) is 11.1. The van der Waals surface area contributed by atoms with E-state index in [4.69, 9.17) is 19.6 Å². The first-order valence-corrected chi connectivity index (χ1v) is 12.2. The topological polar surface area (TPSA) is 90.9 Å². The quantitative estimate of drug-likeness (QED) is 0.269. The number of ether oxygens (including phenoxy) is 2. The third-order valence-corrected chi connectivity index (χ3v) is 5.95. The van der Waals surface area contributed by atoms with Crippen molar-refractivity contribution >= 4 is 11.6 Å². The molecule has 0 atom stereocenters. The largest absolute Gasteiger partial charge is 0.487 e. The lowest BCUT2D eigenvalue weighted by Crippen LogP contribution is -2.01. The van der Waals surface area contributed by atoms with Crippen LogP contribution >= 0.6 is 0 Å². The van der Waals surface area contributed by atoms with Crippen molar-refractivity contribution in [2.24, 2.45) is 0 Å². The minimum atomic E-state index is -0.842. The van der Waals surface area contributed by atoms with E-state index in [2.05, 4.69) is 27.7 Å². The van der Waals surface area contributed by atoms with Gasteiger partial charge in [0.2, 0.25) is 5.88 Å². The van der Waals surface area contributed by atoms with Crippen LogP contribution < -0.4 is 9.47 Å². The lowest BCUT2D eigenvalue weighted by Gasteiger charge is -2.06. The fourth-order valence-corrected chi connectivity index (χ4v) is 4.21. The van der Waals surface area contributed by atoms with Crippen LogP contribution in [0.15, 0.2) is 85.2 Å². The monoisotopic (exact) mass is 496 g/mol. The molecule has 8 nitrogen and oxygen atoms in total. The predicted molar refractivity (Wildman–Crippen MR) is 140 cm³/mol. The Labute approximate surface area is 214 Å². The third kappa shape index (κ3) is 5.81. The van der Waals surface area contributed by atoms with Crippen LogP contribution in [-0.4, -0.2) is 36.8 Å². The molecule has 5 rings (SSSR count). The molecule has 0 aliphatic rings. The molecule has 0 bridgehead atoms. The number of aliphatic carboxylic acids is 1. The van der Waals surface area contributed by atoms with Crippen LogP contribution in [0.25, 0.3) is 16.9 Å². The van der Waals surface area contributed by atoms with Gasteiger partial charge in [-0.25, -0.2) is 4.98 Å². The second kappa shape index (κ2) is 11.0. The van der Waals surface area contributed by atoms with Gasteiger partial charge in [0.1, 0.15) is 18.0 Å². The van der Waals surface area contributed by atoms with Gasteiger partial charge in [-0.15, -0.1) is 5.10 Å². The van der Waals surface area contributed by atoms with Gasteiger partial charge >= 0.3 is 5.97 Å². The Hall–Kier alpha value is -4.59. The molecule has 0 amide bonds. The molecule has 5 aromatic rings. The van der Waals surface area contributed by atoms with Gasteiger partial charge in [-0.2, -0.15) is 0 Å². The molecule has 0 saturated heterocycles. The molecule has 0 saturated carbocycles. The summed E-state index contributed by atoms with van der Waals surface area (Å²) in [6, 6.07) is 24.2. The van der Waals surface area contributed by atoms with Crippen LogP contribution in [0.3, 0.4) is 0 Å². The highest BCUT2D eigenvalue weighted by Gasteiger charge is 2.12. The number of pyridine rings is 1. The first kappa shape index (κ1) is 24.1. The Kier molecular flexibility index (Phi) is 7.16. The number of rotatable bonds is 11. The smallest absolute Gasteiger partial charge is 0.303 e. The lowest BCUT2D eigenvalue weighted by molar-refractivity contribution is -0.136. The van der Waals surface area contributed by atoms with Crippen LogP contribution in [0.4, 0.5) is 0 Å². The highest BCUT2D eigenvalue weighted by Crippen LogP contribution is 2.23. The van der Waals surface area contributed by atoms with Crippen LogP contribution in [0.5, 0.6) is 11.6 Å². The fraction of sp³-hybridized carbons (Fsp3) is 0.207. The van der Waals surface area contributed by atoms with Gasteiger partial charge in [0.25, 0.3) is 0 Å². The van der Waals surface area contributed by atoms with E-state index < -0.39 is 5.97 Å². The van der Waals surface area contributed by atoms with E-state index >= 15 is 0 Å². The van der Waals surface area contributed by atoms with Crippen molar-refractivity contribution in [2.75, 3.05) is 6.61 Å². The zero-order valence-electron chi connectivity index (χ0n) is 20.6. The maximum Gasteiger partial charge on any atom is 0.303 e. The van der Waals surface area contributed by atoms with E-state index in [-0.39, 0.29) is 6.42 Å². The zero-order valence-corrected chi connectivity index (χ0v) is 20.6. The first-order chi connectivity index (χ1) is 18.1. The number of carbonyl (C=O) groups is 1. The second-order valence-corrected chi connectivity index (χ2v) is 8.65. The summed E-state index contributed by atoms with van der Waals surface area (Å²) in [7, 11) is 0. The number of fused-ring (bicyclic) bond motifs is 1. The van der Waals surface area contributed by atoms with E-state index in [9.17, 15) is 4.79 Å². The van der Waals surface area contributed by atoms with Gasteiger partial charge in [0, 0.05) is 24.4 Å². The summed E-state index contributed by atoms with van der Waals surface area (Å²) in [4.78, 5) is 15.7. The predicted octanol–water partition coefficient (Wildman–Crippen LogP) is 5.24. The number of benzene rings is 2. The number of carboxylic acids is 1. The Morgan fingerprint density at radius 2 is 1.76 bits per heavy atom. The molecule has 0 unspecified atom stereocenters. The van der Waals surface area contributed by atoms with E-state index in [0.717, 1.165) is 39.5 Å². The van der Waals surface area contributed by atoms with Crippen LogP contribution in [0.2, 0.25) is 0 Å². The molecule has 37 heavy (non-hydrogen) atoms.